The third-order valence-electron chi connectivity index (χ3n) is 4.29. The normalized spacial score (nSPS) is 12.1. The topological polar surface area (TPSA) is 64.7 Å². The van der Waals surface area contributed by atoms with E-state index in [1.54, 1.807) is 13.0 Å². The van der Waals surface area contributed by atoms with Crippen LogP contribution in [0.3, 0.4) is 0 Å². The lowest BCUT2D eigenvalue weighted by Gasteiger charge is -2.08. The van der Waals surface area contributed by atoms with Gasteiger partial charge in [0, 0.05) is 5.56 Å². The van der Waals surface area contributed by atoms with Crippen molar-refractivity contribution >= 4 is 5.57 Å². The van der Waals surface area contributed by atoms with Crippen LogP contribution in [0.5, 0.6) is 11.5 Å². The van der Waals surface area contributed by atoms with Gasteiger partial charge in [0.05, 0.1) is 6.61 Å². The number of ether oxygens (including phenoxy) is 2. The first-order valence-electron chi connectivity index (χ1n) is 9.08. The third-order valence-corrected chi connectivity index (χ3v) is 4.29. The Labute approximate surface area is 171 Å². The molecular weight excluding hydrogens is 399 g/mol. The molecule has 0 aliphatic rings. The van der Waals surface area contributed by atoms with E-state index >= 15 is 0 Å². The summed E-state index contributed by atoms with van der Waals surface area (Å²) in [6.45, 7) is 3.76. The fraction of sp³-hybridized carbons (Fsp3) is 0.227. The molecule has 0 spiro atoms. The summed E-state index contributed by atoms with van der Waals surface area (Å²) in [6, 6.07) is 12.7. The average Bonchev–Trinajstić information content (AvgIpc) is 3.07. The number of alkyl halides is 3. The van der Waals surface area contributed by atoms with E-state index in [2.05, 4.69) is 9.72 Å². The molecule has 0 unspecified atom stereocenters. The van der Waals surface area contributed by atoms with Gasteiger partial charge in [-0.05, 0) is 61.4 Å². The Balaban J connectivity index is 1.70. The molecule has 1 heterocycles. The Bertz CT molecular complexity index is 1020. The molecule has 0 bridgehead atoms. The SMILES string of the molecule is C/C(=C\CO)c1cccc(OCc2nc(-c3ccc(OC(F)(F)F)cc3)oc2C)c1. The Kier molecular flexibility index (Phi) is 6.47. The highest BCUT2D eigenvalue weighted by molar-refractivity contribution is 5.64. The van der Waals surface area contributed by atoms with Crippen LogP contribution in [0.25, 0.3) is 17.0 Å². The molecule has 1 N–H and O–H groups in total. The van der Waals surface area contributed by atoms with Crippen LogP contribution in [0, 0.1) is 6.92 Å². The lowest BCUT2D eigenvalue weighted by atomic mass is 10.1. The maximum absolute atomic E-state index is 12.3. The van der Waals surface area contributed by atoms with E-state index in [4.69, 9.17) is 14.3 Å². The zero-order chi connectivity index (χ0) is 21.7. The number of allylic oxidation sites excluding steroid dienone is 1. The van der Waals surface area contributed by atoms with E-state index in [1.807, 2.05) is 31.2 Å². The van der Waals surface area contributed by atoms with Crippen molar-refractivity contribution in [2.45, 2.75) is 26.8 Å². The fourth-order valence-electron chi connectivity index (χ4n) is 2.72. The Morgan fingerprint density at radius 1 is 1.13 bits per heavy atom. The number of nitrogens with zero attached hydrogens (tertiary/aromatic N) is 1. The Morgan fingerprint density at radius 2 is 1.87 bits per heavy atom. The summed E-state index contributed by atoms with van der Waals surface area (Å²) in [4.78, 5) is 4.39. The van der Waals surface area contributed by atoms with E-state index in [-0.39, 0.29) is 24.9 Å². The van der Waals surface area contributed by atoms with Gasteiger partial charge in [-0.15, -0.1) is 13.2 Å². The van der Waals surface area contributed by atoms with Gasteiger partial charge in [0.25, 0.3) is 0 Å². The lowest BCUT2D eigenvalue weighted by molar-refractivity contribution is -0.274. The molecule has 8 heteroatoms. The summed E-state index contributed by atoms with van der Waals surface area (Å²) in [5, 5.41) is 9.03. The second-order valence-electron chi connectivity index (χ2n) is 6.48. The van der Waals surface area contributed by atoms with Crippen molar-refractivity contribution in [2.75, 3.05) is 6.61 Å². The predicted molar refractivity (Wildman–Crippen MR) is 105 cm³/mol. The molecule has 30 heavy (non-hydrogen) atoms. The first kappa shape index (κ1) is 21.4. The van der Waals surface area contributed by atoms with Crippen molar-refractivity contribution in [3.05, 3.63) is 71.6 Å². The summed E-state index contributed by atoms with van der Waals surface area (Å²) in [6.07, 6.45) is -3.03. The number of benzene rings is 2. The molecule has 0 atom stereocenters. The van der Waals surface area contributed by atoms with Crippen LogP contribution in [0.15, 0.2) is 59.0 Å². The molecule has 0 fully saturated rings. The van der Waals surface area contributed by atoms with Crippen LogP contribution in [0.1, 0.15) is 23.9 Å². The Hall–Kier alpha value is -3.26. The summed E-state index contributed by atoms with van der Waals surface area (Å²) in [5.41, 5.74) is 2.96. The van der Waals surface area contributed by atoms with E-state index in [9.17, 15) is 13.2 Å². The summed E-state index contributed by atoms with van der Waals surface area (Å²) >= 11 is 0. The molecule has 0 radical (unpaired) electrons. The average molecular weight is 419 g/mol. The van der Waals surface area contributed by atoms with Gasteiger partial charge in [0.1, 0.15) is 29.6 Å². The number of halogens is 3. The van der Waals surface area contributed by atoms with Crippen LogP contribution in [-0.4, -0.2) is 23.1 Å². The minimum Gasteiger partial charge on any atom is -0.487 e. The Morgan fingerprint density at radius 3 is 2.53 bits per heavy atom. The molecule has 0 saturated heterocycles. The second-order valence-corrected chi connectivity index (χ2v) is 6.48. The number of hydrogen-bond donors (Lipinski definition) is 1. The van der Waals surface area contributed by atoms with Gasteiger partial charge in [0.2, 0.25) is 5.89 Å². The molecule has 0 amide bonds. The van der Waals surface area contributed by atoms with Crippen molar-refractivity contribution < 1.29 is 32.2 Å². The lowest BCUT2D eigenvalue weighted by Crippen LogP contribution is -2.16. The quantitative estimate of drug-likeness (QED) is 0.546. The van der Waals surface area contributed by atoms with E-state index in [0.29, 0.717) is 22.8 Å². The molecule has 3 aromatic rings. The van der Waals surface area contributed by atoms with E-state index in [0.717, 1.165) is 11.1 Å². The molecule has 1 aromatic heterocycles. The van der Waals surface area contributed by atoms with Crippen LogP contribution in [0.4, 0.5) is 13.2 Å². The third kappa shape index (κ3) is 5.64. The molecule has 0 saturated carbocycles. The maximum atomic E-state index is 12.3. The van der Waals surface area contributed by atoms with Gasteiger partial charge in [-0.3, -0.25) is 0 Å². The minimum absolute atomic E-state index is 0.0405. The smallest absolute Gasteiger partial charge is 0.487 e. The van der Waals surface area contributed by atoms with Gasteiger partial charge >= 0.3 is 6.36 Å². The summed E-state index contributed by atoms with van der Waals surface area (Å²) < 4.78 is 52.1. The van der Waals surface area contributed by atoms with Crippen molar-refractivity contribution in [1.82, 2.24) is 4.98 Å². The van der Waals surface area contributed by atoms with Crippen molar-refractivity contribution in [3.8, 4) is 23.0 Å². The summed E-state index contributed by atoms with van der Waals surface area (Å²) in [5.74, 6) is 1.15. The maximum Gasteiger partial charge on any atom is 0.573 e. The van der Waals surface area contributed by atoms with Crippen LogP contribution < -0.4 is 9.47 Å². The summed E-state index contributed by atoms with van der Waals surface area (Å²) in [7, 11) is 0. The van der Waals surface area contributed by atoms with Gasteiger partial charge in [-0.25, -0.2) is 4.98 Å². The highest BCUT2D eigenvalue weighted by Gasteiger charge is 2.31. The number of aliphatic hydroxyl groups excluding tert-OH is 1. The van der Waals surface area contributed by atoms with Crippen molar-refractivity contribution in [3.63, 3.8) is 0 Å². The number of hydrogen-bond acceptors (Lipinski definition) is 5. The predicted octanol–water partition coefficient (Wildman–Crippen LogP) is 5.52. The van der Waals surface area contributed by atoms with Gasteiger partial charge in [-0.2, -0.15) is 0 Å². The zero-order valence-corrected chi connectivity index (χ0v) is 16.4. The number of aliphatic hydroxyl groups is 1. The second kappa shape index (κ2) is 9.04. The van der Waals surface area contributed by atoms with Crippen LogP contribution >= 0.6 is 0 Å². The highest BCUT2D eigenvalue weighted by Crippen LogP contribution is 2.28. The van der Waals surface area contributed by atoms with Gasteiger partial charge in [-0.1, -0.05) is 18.2 Å². The molecular formula is C22H20F3NO4. The van der Waals surface area contributed by atoms with Crippen molar-refractivity contribution in [2.24, 2.45) is 0 Å². The molecule has 0 aliphatic heterocycles. The largest absolute Gasteiger partial charge is 0.573 e. The fourth-order valence-corrected chi connectivity index (χ4v) is 2.72. The number of oxazole rings is 1. The van der Waals surface area contributed by atoms with Crippen molar-refractivity contribution in [1.29, 1.82) is 0 Å². The molecule has 3 rings (SSSR count). The van der Waals surface area contributed by atoms with Gasteiger partial charge in [0.15, 0.2) is 0 Å². The first-order chi connectivity index (χ1) is 14.2. The molecule has 0 aliphatic carbocycles. The van der Waals surface area contributed by atoms with Crippen LogP contribution in [-0.2, 0) is 6.61 Å². The highest BCUT2D eigenvalue weighted by atomic mass is 19.4. The number of aryl methyl sites for hydroxylation is 1. The van der Waals surface area contributed by atoms with E-state index in [1.165, 1.54) is 24.3 Å². The number of rotatable bonds is 7. The van der Waals surface area contributed by atoms with Crippen LogP contribution in [0.2, 0.25) is 0 Å². The minimum atomic E-state index is -4.74. The van der Waals surface area contributed by atoms with Gasteiger partial charge < -0.3 is 19.0 Å². The standard InChI is InChI=1S/C22H20F3NO4/c1-14(10-11-27)17-4-3-5-19(12-17)28-13-20-15(2)29-21(26-20)16-6-8-18(9-7-16)30-22(23,24)25/h3-10,12,27H,11,13H2,1-2H3/b14-10+. The monoisotopic (exact) mass is 419 g/mol. The zero-order valence-electron chi connectivity index (χ0n) is 16.4. The van der Waals surface area contributed by atoms with E-state index < -0.39 is 6.36 Å². The first-order valence-corrected chi connectivity index (χ1v) is 9.08. The molecule has 158 valence electrons. The molecule has 2 aromatic carbocycles. The molecule has 5 nitrogen and oxygen atoms in total. The number of aromatic nitrogens is 1.